The van der Waals surface area contributed by atoms with Crippen LogP contribution in [0.25, 0.3) is 11.0 Å². The smallest absolute Gasteiger partial charge is 0.338 e. The topological polar surface area (TPSA) is 57.0 Å². The average Bonchev–Trinajstić information content (AvgIpc) is 2.52. The van der Waals surface area contributed by atoms with Gasteiger partial charge in [0.15, 0.2) is 5.65 Å². The second kappa shape index (κ2) is 3.59. The van der Waals surface area contributed by atoms with Crippen LogP contribution in [0.4, 0.5) is 0 Å². The molecule has 0 N–H and O–H groups in total. The Morgan fingerprint density at radius 3 is 2.75 bits per heavy atom. The van der Waals surface area contributed by atoms with Gasteiger partial charge in [0, 0.05) is 18.4 Å². The molecule has 5 heteroatoms. The van der Waals surface area contributed by atoms with Gasteiger partial charge in [-0.1, -0.05) is 0 Å². The fourth-order valence-corrected chi connectivity index (χ4v) is 1.74. The maximum Gasteiger partial charge on any atom is 0.338 e. The van der Waals surface area contributed by atoms with Crippen molar-refractivity contribution in [3.63, 3.8) is 0 Å². The van der Waals surface area contributed by atoms with Crippen LogP contribution in [0.1, 0.15) is 21.7 Å². The Bertz CT molecular complexity index is 572. The minimum atomic E-state index is -0.355. The number of fused-ring (bicyclic) bond motifs is 1. The van der Waals surface area contributed by atoms with E-state index in [9.17, 15) is 4.79 Å². The Balaban J connectivity index is 2.85. The van der Waals surface area contributed by atoms with E-state index in [0.29, 0.717) is 11.2 Å². The van der Waals surface area contributed by atoms with Crippen LogP contribution in [-0.4, -0.2) is 27.8 Å². The van der Waals surface area contributed by atoms with Crippen LogP contribution in [0, 0.1) is 13.8 Å². The van der Waals surface area contributed by atoms with Gasteiger partial charge in [0.2, 0.25) is 0 Å². The summed E-state index contributed by atoms with van der Waals surface area (Å²) in [6, 6.07) is 1.73. The number of rotatable bonds is 1. The molecule has 0 saturated heterocycles. The van der Waals surface area contributed by atoms with Crippen molar-refractivity contribution >= 4 is 17.0 Å². The van der Waals surface area contributed by atoms with Gasteiger partial charge in [-0.25, -0.2) is 9.78 Å². The van der Waals surface area contributed by atoms with E-state index in [1.54, 1.807) is 10.7 Å². The number of ether oxygens (including phenoxy) is 1. The number of hydrogen-bond donors (Lipinski definition) is 0. The van der Waals surface area contributed by atoms with Crippen LogP contribution in [0.15, 0.2) is 6.07 Å². The lowest BCUT2D eigenvalue weighted by Gasteiger charge is -2.02. The number of carbonyl (C=O) groups is 1. The quantitative estimate of drug-likeness (QED) is 0.680. The summed E-state index contributed by atoms with van der Waals surface area (Å²) in [5.74, 6) is -0.355. The highest BCUT2D eigenvalue weighted by molar-refractivity contribution is 6.03. The summed E-state index contributed by atoms with van der Waals surface area (Å²) >= 11 is 0. The zero-order valence-electron chi connectivity index (χ0n) is 9.74. The average molecular weight is 219 g/mol. The molecule has 0 aliphatic carbocycles. The fourth-order valence-electron chi connectivity index (χ4n) is 1.74. The maximum atomic E-state index is 11.7. The van der Waals surface area contributed by atoms with Crippen LogP contribution >= 0.6 is 0 Å². The van der Waals surface area contributed by atoms with E-state index in [-0.39, 0.29) is 5.97 Å². The van der Waals surface area contributed by atoms with E-state index in [0.717, 1.165) is 16.8 Å². The Morgan fingerprint density at radius 1 is 1.44 bits per heavy atom. The Hall–Kier alpha value is -1.91. The number of esters is 1. The molecule has 84 valence electrons. The van der Waals surface area contributed by atoms with Crippen LogP contribution in [0.3, 0.4) is 0 Å². The number of carbonyl (C=O) groups excluding carboxylic acids is 1. The van der Waals surface area contributed by atoms with Gasteiger partial charge in [-0.2, -0.15) is 5.10 Å². The summed E-state index contributed by atoms with van der Waals surface area (Å²) < 4.78 is 6.47. The predicted octanol–water partition coefficient (Wildman–Crippen LogP) is 1.37. The van der Waals surface area contributed by atoms with Crippen LogP contribution in [0.2, 0.25) is 0 Å². The summed E-state index contributed by atoms with van der Waals surface area (Å²) in [6.07, 6.45) is 0. The molecule has 0 unspecified atom stereocenters. The molecule has 0 radical (unpaired) electrons. The second-order valence-electron chi connectivity index (χ2n) is 3.71. The molecule has 2 rings (SSSR count). The van der Waals surface area contributed by atoms with Crippen LogP contribution < -0.4 is 0 Å². The first-order valence-corrected chi connectivity index (χ1v) is 4.94. The van der Waals surface area contributed by atoms with E-state index in [1.807, 2.05) is 20.9 Å². The van der Waals surface area contributed by atoms with Crippen molar-refractivity contribution in [2.45, 2.75) is 13.8 Å². The molecule has 0 aliphatic heterocycles. The van der Waals surface area contributed by atoms with Crippen LogP contribution in [-0.2, 0) is 11.8 Å². The van der Waals surface area contributed by atoms with Crippen molar-refractivity contribution in [1.29, 1.82) is 0 Å². The number of pyridine rings is 1. The van der Waals surface area contributed by atoms with Crippen molar-refractivity contribution in [3.8, 4) is 0 Å². The number of aromatic nitrogens is 3. The molecule has 0 aliphatic rings. The van der Waals surface area contributed by atoms with E-state index in [1.165, 1.54) is 7.11 Å². The summed E-state index contributed by atoms with van der Waals surface area (Å²) in [7, 11) is 3.20. The Labute approximate surface area is 93.0 Å². The van der Waals surface area contributed by atoms with Gasteiger partial charge in [-0.05, 0) is 19.9 Å². The summed E-state index contributed by atoms with van der Waals surface area (Å²) in [4.78, 5) is 15.9. The summed E-state index contributed by atoms with van der Waals surface area (Å²) in [5.41, 5.74) is 2.77. The second-order valence-corrected chi connectivity index (χ2v) is 3.71. The molecular weight excluding hydrogens is 206 g/mol. The van der Waals surface area contributed by atoms with Gasteiger partial charge in [0.25, 0.3) is 0 Å². The molecule has 0 fully saturated rings. The Kier molecular flexibility index (Phi) is 2.38. The van der Waals surface area contributed by atoms with Crippen molar-refractivity contribution in [3.05, 3.63) is 23.0 Å². The SMILES string of the molecule is COC(=O)c1cc(C)nc2nn(C)c(C)c12. The molecule has 0 aromatic carbocycles. The zero-order valence-corrected chi connectivity index (χ0v) is 9.74. The molecule has 0 atom stereocenters. The van der Waals surface area contributed by atoms with Gasteiger partial charge < -0.3 is 4.74 Å². The van der Waals surface area contributed by atoms with E-state index < -0.39 is 0 Å². The molecule has 16 heavy (non-hydrogen) atoms. The van der Waals surface area contributed by atoms with E-state index in [2.05, 4.69) is 10.1 Å². The third-order valence-corrected chi connectivity index (χ3v) is 2.63. The van der Waals surface area contributed by atoms with E-state index >= 15 is 0 Å². The molecule has 2 aromatic rings. The van der Waals surface area contributed by atoms with Crippen molar-refractivity contribution in [1.82, 2.24) is 14.8 Å². The van der Waals surface area contributed by atoms with Gasteiger partial charge in [-0.3, -0.25) is 4.68 Å². The lowest BCUT2D eigenvalue weighted by atomic mass is 10.1. The van der Waals surface area contributed by atoms with Crippen LogP contribution in [0.5, 0.6) is 0 Å². The lowest BCUT2D eigenvalue weighted by Crippen LogP contribution is -2.04. The van der Waals surface area contributed by atoms with Crippen molar-refractivity contribution in [2.75, 3.05) is 7.11 Å². The van der Waals surface area contributed by atoms with Gasteiger partial charge in [0.1, 0.15) is 0 Å². The normalized spacial score (nSPS) is 10.8. The number of nitrogens with zero attached hydrogens (tertiary/aromatic N) is 3. The highest BCUT2D eigenvalue weighted by Gasteiger charge is 2.17. The fraction of sp³-hybridized carbons (Fsp3) is 0.364. The lowest BCUT2D eigenvalue weighted by molar-refractivity contribution is 0.0602. The Morgan fingerprint density at radius 2 is 2.12 bits per heavy atom. The number of aryl methyl sites for hydroxylation is 3. The van der Waals surface area contributed by atoms with Crippen molar-refractivity contribution in [2.24, 2.45) is 7.05 Å². The standard InChI is InChI=1S/C11H13N3O2/c1-6-5-8(11(15)16-4)9-7(2)14(3)13-10(9)12-6/h5H,1-4H3. The highest BCUT2D eigenvalue weighted by atomic mass is 16.5. The molecule has 5 nitrogen and oxygen atoms in total. The third-order valence-electron chi connectivity index (χ3n) is 2.63. The first kappa shape index (κ1) is 10.6. The molecule has 0 spiro atoms. The monoisotopic (exact) mass is 219 g/mol. The molecule has 0 saturated carbocycles. The largest absolute Gasteiger partial charge is 0.465 e. The van der Waals surface area contributed by atoms with Gasteiger partial charge >= 0.3 is 5.97 Å². The first-order chi connectivity index (χ1) is 7.54. The number of hydrogen-bond acceptors (Lipinski definition) is 4. The van der Waals surface area contributed by atoms with Crippen molar-refractivity contribution < 1.29 is 9.53 Å². The highest BCUT2D eigenvalue weighted by Crippen LogP contribution is 2.21. The first-order valence-electron chi connectivity index (χ1n) is 4.94. The van der Waals surface area contributed by atoms with Gasteiger partial charge in [-0.15, -0.1) is 0 Å². The molecule has 0 amide bonds. The summed E-state index contributed by atoms with van der Waals surface area (Å²) in [6.45, 7) is 3.73. The zero-order chi connectivity index (χ0) is 11.9. The van der Waals surface area contributed by atoms with E-state index in [4.69, 9.17) is 4.74 Å². The number of methoxy groups -OCH3 is 1. The molecule has 2 heterocycles. The molecular formula is C11H13N3O2. The molecule has 2 aromatic heterocycles. The third kappa shape index (κ3) is 1.44. The predicted molar refractivity (Wildman–Crippen MR) is 59.3 cm³/mol. The minimum absolute atomic E-state index is 0.355. The van der Waals surface area contributed by atoms with Gasteiger partial charge in [0.05, 0.1) is 18.1 Å². The summed E-state index contributed by atoms with van der Waals surface area (Å²) in [5, 5.41) is 5.01. The minimum Gasteiger partial charge on any atom is -0.465 e. The maximum absolute atomic E-state index is 11.7. The molecule has 0 bridgehead atoms.